The van der Waals surface area contributed by atoms with Crippen molar-refractivity contribution in [2.24, 2.45) is 0 Å². The molecule has 2 nitrogen and oxygen atoms in total. The van der Waals surface area contributed by atoms with Gasteiger partial charge in [-0.05, 0) is 105 Å². The van der Waals surface area contributed by atoms with Gasteiger partial charge in [-0.3, -0.25) is 0 Å². The molecule has 0 amide bonds. The van der Waals surface area contributed by atoms with Crippen LogP contribution in [0.1, 0.15) is 5.56 Å². The summed E-state index contributed by atoms with van der Waals surface area (Å²) < 4.78 is 6.55. The predicted molar refractivity (Wildman–Crippen MR) is 240 cm³/mol. The summed E-state index contributed by atoms with van der Waals surface area (Å²) in [5.41, 5.74) is 18.0. The fourth-order valence-electron chi connectivity index (χ4n) is 7.97. The third-order valence-corrected chi connectivity index (χ3v) is 11.0. The van der Waals surface area contributed by atoms with Crippen LogP contribution >= 0.6 is 0 Å². The number of aryl methyl sites for hydroxylation is 1. The monoisotopic (exact) mass is 729 g/mol. The lowest BCUT2D eigenvalue weighted by Gasteiger charge is -2.26. The second-order valence-corrected chi connectivity index (χ2v) is 14.7. The molecule has 0 spiro atoms. The van der Waals surface area contributed by atoms with E-state index in [1.165, 1.54) is 50.1 Å². The number of benzene rings is 9. The molecule has 0 fully saturated rings. The molecule has 0 aliphatic carbocycles. The van der Waals surface area contributed by atoms with E-state index in [4.69, 9.17) is 4.42 Å². The van der Waals surface area contributed by atoms with E-state index in [0.717, 1.165) is 50.1 Å². The van der Waals surface area contributed by atoms with Gasteiger partial charge in [-0.15, -0.1) is 0 Å². The van der Waals surface area contributed by atoms with Gasteiger partial charge in [0.1, 0.15) is 11.2 Å². The van der Waals surface area contributed by atoms with Gasteiger partial charge in [0.05, 0.1) is 0 Å². The lowest BCUT2D eigenvalue weighted by atomic mass is 9.99. The van der Waals surface area contributed by atoms with Gasteiger partial charge >= 0.3 is 0 Å². The third kappa shape index (κ3) is 6.68. The highest BCUT2D eigenvalue weighted by molar-refractivity contribution is 6.09. The minimum Gasteiger partial charge on any atom is -0.455 e. The lowest BCUT2D eigenvalue weighted by molar-refractivity contribution is 0.669. The first-order valence-electron chi connectivity index (χ1n) is 19.5. The maximum atomic E-state index is 6.55. The maximum absolute atomic E-state index is 6.55. The Morgan fingerprint density at radius 1 is 0.316 bits per heavy atom. The van der Waals surface area contributed by atoms with Crippen LogP contribution in [0.5, 0.6) is 0 Å². The third-order valence-electron chi connectivity index (χ3n) is 11.0. The van der Waals surface area contributed by atoms with E-state index in [0.29, 0.717) is 0 Å². The number of hydrogen-bond donors (Lipinski definition) is 0. The molecular weight excluding hydrogens is 691 g/mol. The molecule has 9 aromatic carbocycles. The summed E-state index contributed by atoms with van der Waals surface area (Å²) in [5.74, 6) is 0. The molecule has 0 N–H and O–H groups in total. The molecule has 1 aromatic heterocycles. The minimum absolute atomic E-state index is 0.909. The Bertz CT molecular complexity index is 2840. The Morgan fingerprint density at radius 3 is 1.26 bits per heavy atom. The van der Waals surface area contributed by atoms with E-state index >= 15 is 0 Å². The molecule has 0 atom stereocenters. The number of rotatable bonds is 8. The van der Waals surface area contributed by atoms with Gasteiger partial charge in [0, 0.05) is 33.4 Å². The Labute approximate surface area is 333 Å². The van der Waals surface area contributed by atoms with Gasteiger partial charge in [0.15, 0.2) is 0 Å². The number of para-hydroxylation sites is 1. The standard InChI is InChI=1S/C55H39NO/c1-38-18-35-52-53-17-9-16-51(55(53)57-54(52)36-38)47-14-8-15-50(37-47)56(48-31-27-45(28-32-48)43-23-19-41(20-24-43)39-10-4-2-5-11-39)49-33-29-46(30-34-49)44-25-21-42(22-26-44)40-12-6-3-7-13-40/h2-37H,1H3. The highest BCUT2D eigenvalue weighted by Crippen LogP contribution is 2.41. The molecule has 0 saturated heterocycles. The number of nitrogens with zero attached hydrogens (tertiary/aromatic N) is 1. The van der Waals surface area contributed by atoms with Gasteiger partial charge in [0.25, 0.3) is 0 Å². The smallest absolute Gasteiger partial charge is 0.143 e. The molecule has 10 aromatic rings. The van der Waals surface area contributed by atoms with Crippen molar-refractivity contribution in [3.8, 4) is 55.6 Å². The molecule has 57 heavy (non-hydrogen) atoms. The Morgan fingerprint density at radius 2 is 0.754 bits per heavy atom. The molecule has 0 radical (unpaired) electrons. The fourth-order valence-corrected chi connectivity index (χ4v) is 7.97. The van der Waals surface area contributed by atoms with Crippen LogP contribution in [0.3, 0.4) is 0 Å². The second-order valence-electron chi connectivity index (χ2n) is 14.7. The van der Waals surface area contributed by atoms with Crippen molar-refractivity contribution in [1.29, 1.82) is 0 Å². The van der Waals surface area contributed by atoms with Crippen LogP contribution in [0.2, 0.25) is 0 Å². The zero-order valence-electron chi connectivity index (χ0n) is 31.6. The topological polar surface area (TPSA) is 16.4 Å². The molecule has 0 aliphatic heterocycles. The Kier molecular flexibility index (Phi) is 8.78. The van der Waals surface area contributed by atoms with Crippen molar-refractivity contribution in [3.05, 3.63) is 224 Å². The van der Waals surface area contributed by atoms with Crippen LogP contribution in [0.25, 0.3) is 77.6 Å². The van der Waals surface area contributed by atoms with Gasteiger partial charge in [-0.1, -0.05) is 176 Å². The van der Waals surface area contributed by atoms with Crippen LogP contribution in [0, 0.1) is 6.92 Å². The van der Waals surface area contributed by atoms with Crippen LogP contribution in [-0.4, -0.2) is 0 Å². The van der Waals surface area contributed by atoms with Crippen molar-refractivity contribution in [2.75, 3.05) is 4.90 Å². The van der Waals surface area contributed by atoms with Crippen molar-refractivity contribution in [1.82, 2.24) is 0 Å². The quantitative estimate of drug-likeness (QED) is 0.155. The molecule has 0 unspecified atom stereocenters. The first-order chi connectivity index (χ1) is 28.1. The predicted octanol–water partition coefficient (Wildman–Crippen LogP) is 15.7. The van der Waals surface area contributed by atoms with Crippen molar-refractivity contribution in [2.45, 2.75) is 6.92 Å². The maximum Gasteiger partial charge on any atom is 0.143 e. The number of hydrogen-bond acceptors (Lipinski definition) is 2. The summed E-state index contributed by atoms with van der Waals surface area (Å²) in [7, 11) is 0. The minimum atomic E-state index is 0.909. The van der Waals surface area contributed by atoms with E-state index < -0.39 is 0 Å². The van der Waals surface area contributed by atoms with Crippen LogP contribution in [0.15, 0.2) is 223 Å². The number of anilines is 3. The summed E-state index contributed by atoms with van der Waals surface area (Å²) in [4.78, 5) is 2.34. The van der Waals surface area contributed by atoms with E-state index in [1.54, 1.807) is 0 Å². The van der Waals surface area contributed by atoms with Gasteiger partial charge in [0.2, 0.25) is 0 Å². The number of furan rings is 1. The van der Waals surface area contributed by atoms with Crippen molar-refractivity contribution < 1.29 is 4.42 Å². The molecule has 0 bridgehead atoms. The molecule has 0 aliphatic rings. The van der Waals surface area contributed by atoms with Gasteiger partial charge in [-0.2, -0.15) is 0 Å². The Balaban J connectivity index is 1.02. The molecule has 0 saturated carbocycles. The van der Waals surface area contributed by atoms with Gasteiger partial charge < -0.3 is 9.32 Å². The molecule has 10 rings (SSSR count). The first kappa shape index (κ1) is 34.1. The van der Waals surface area contributed by atoms with Crippen molar-refractivity contribution in [3.63, 3.8) is 0 Å². The normalized spacial score (nSPS) is 11.2. The zero-order valence-corrected chi connectivity index (χ0v) is 31.6. The summed E-state index contributed by atoms with van der Waals surface area (Å²) in [6.45, 7) is 2.11. The Hall–Kier alpha value is -7.42. The largest absolute Gasteiger partial charge is 0.455 e. The average molecular weight is 730 g/mol. The average Bonchev–Trinajstić information content (AvgIpc) is 3.66. The summed E-state index contributed by atoms with van der Waals surface area (Å²) in [6, 6.07) is 78.2. The molecule has 270 valence electrons. The second kappa shape index (κ2) is 14.7. The first-order valence-corrected chi connectivity index (χ1v) is 19.5. The van der Waals surface area contributed by atoms with Gasteiger partial charge in [-0.25, -0.2) is 0 Å². The highest BCUT2D eigenvalue weighted by atomic mass is 16.3. The fraction of sp³-hybridized carbons (Fsp3) is 0.0182. The summed E-state index contributed by atoms with van der Waals surface area (Å²) in [6.07, 6.45) is 0. The van der Waals surface area contributed by atoms with E-state index in [9.17, 15) is 0 Å². The SMILES string of the molecule is Cc1ccc2c(c1)oc1c(-c3cccc(N(c4ccc(-c5ccc(-c6ccccc6)cc5)cc4)c4ccc(-c5ccc(-c6ccccc6)cc5)cc4)c3)cccc12. The summed E-state index contributed by atoms with van der Waals surface area (Å²) in [5, 5.41) is 2.27. The van der Waals surface area contributed by atoms with E-state index in [2.05, 4.69) is 230 Å². The van der Waals surface area contributed by atoms with Crippen LogP contribution in [-0.2, 0) is 0 Å². The summed E-state index contributed by atoms with van der Waals surface area (Å²) >= 11 is 0. The van der Waals surface area contributed by atoms with Crippen LogP contribution < -0.4 is 4.90 Å². The molecule has 1 heterocycles. The molecule has 2 heteroatoms. The van der Waals surface area contributed by atoms with E-state index in [-0.39, 0.29) is 0 Å². The molecular formula is C55H39NO. The van der Waals surface area contributed by atoms with Crippen LogP contribution in [0.4, 0.5) is 17.1 Å². The number of fused-ring (bicyclic) bond motifs is 3. The lowest BCUT2D eigenvalue weighted by Crippen LogP contribution is -2.10. The highest BCUT2D eigenvalue weighted by Gasteiger charge is 2.17. The zero-order chi connectivity index (χ0) is 38.1. The van der Waals surface area contributed by atoms with E-state index in [1.807, 2.05) is 0 Å². The van der Waals surface area contributed by atoms with Crippen molar-refractivity contribution >= 4 is 39.0 Å².